The Morgan fingerprint density at radius 1 is 1.12 bits per heavy atom. The first-order chi connectivity index (χ1) is 7.70. The van der Waals surface area contributed by atoms with Gasteiger partial charge in [-0.05, 0) is 55.9 Å². The summed E-state index contributed by atoms with van der Waals surface area (Å²) >= 11 is 0. The second-order valence-corrected chi connectivity index (χ2v) is 5.11. The largest absolute Gasteiger partial charge is 0.372 e. The van der Waals surface area contributed by atoms with Gasteiger partial charge in [0, 0.05) is 18.8 Å². The summed E-state index contributed by atoms with van der Waals surface area (Å²) in [5.74, 6) is 0.961. The minimum Gasteiger partial charge on any atom is -0.372 e. The van der Waals surface area contributed by atoms with E-state index in [1.807, 2.05) is 0 Å². The molecule has 1 aromatic carbocycles. The molecular weight excluding hydrogens is 194 g/mol. The zero-order valence-electron chi connectivity index (χ0n) is 10.8. The molecule has 0 unspecified atom stereocenters. The summed E-state index contributed by atoms with van der Waals surface area (Å²) in [6.45, 7) is 9.18. The second kappa shape index (κ2) is 4.90. The lowest BCUT2D eigenvalue weighted by Gasteiger charge is -2.33. The molecule has 1 aliphatic rings. The van der Waals surface area contributed by atoms with Crippen molar-refractivity contribution in [2.75, 3.05) is 18.0 Å². The SMILES string of the molecule is CCC1CCN(c2ccc(C)c(C)c2)CC1. The van der Waals surface area contributed by atoms with Gasteiger partial charge in [0.25, 0.3) is 0 Å². The molecule has 1 aromatic rings. The number of benzene rings is 1. The fraction of sp³-hybridized carbons (Fsp3) is 0.600. The van der Waals surface area contributed by atoms with E-state index in [0.717, 1.165) is 5.92 Å². The van der Waals surface area contributed by atoms with Gasteiger partial charge in [0.05, 0.1) is 0 Å². The van der Waals surface area contributed by atoms with E-state index < -0.39 is 0 Å². The number of hydrogen-bond acceptors (Lipinski definition) is 1. The number of aryl methyl sites for hydroxylation is 2. The van der Waals surface area contributed by atoms with Gasteiger partial charge in [0.15, 0.2) is 0 Å². The number of nitrogens with zero attached hydrogens (tertiary/aromatic N) is 1. The van der Waals surface area contributed by atoms with Gasteiger partial charge >= 0.3 is 0 Å². The lowest BCUT2D eigenvalue weighted by molar-refractivity contribution is 0.395. The molecule has 1 fully saturated rings. The molecule has 2 rings (SSSR count). The minimum atomic E-state index is 0.961. The third kappa shape index (κ3) is 2.40. The Hall–Kier alpha value is -0.980. The van der Waals surface area contributed by atoms with Crippen molar-refractivity contribution in [2.24, 2.45) is 5.92 Å². The van der Waals surface area contributed by atoms with E-state index in [1.165, 1.54) is 49.2 Å². The van der Waals surface area contributed by atoms with Crippen LogP contribution in [0.5, 0.6) is 0 Å². The summed E-state index contributed by atoms with van der Waals surface area (Å²) in [4.78, 5) is 2.54. The average molecular weight is 217 g/mol. The normalized spacial score (nSPS) is 17.8. The number of rotatable bonds is 2. The lowest BCUT2D eigenvalue weighted by Crippen LogP contribution is -2.33. The van der Waals surface area contributed by atoms with Crippen LogP contribution < -0.4 is 4.90 Å². The van der Waals surface area contributed by atoms with Crippen molar-refractivity contribution >= 4 is 5.69 Å². The molecule has 88 valence electrons. The van der Waals surface area contributed by atoms with Crippen molar-refractivity contribution in [1.29, 1.82) is 0 Å². The van der Waals surface area contributed by atoms with E-state index in [2.05, 4.69) is 43.9 Å². The molecule has 16 heavy (non-hydrogen) atoms. The van der Waals surface area contributed by atoms with E-state index in [4.69, 9.17) is 0 Å². The van der Waals surface area contributed by atoms with Gasteiger partial charge in [-0.15, -0.1) is 0 Å². The van der Waals surface area contributed by atoms with Gasteiger partial charge in [-0.2, -0.15) is 0 Å². The van der Waals surface area contributed by atoms with Crippen LogP contribution in [-0.4, -0.2) is 13.1 Å². The van der Waals surface area contributed by atoms with Crippen LogP contribution in [0.25, 0.3) is 0 Å². The minimum absolute atomic E-state index is 0.961. The Morgan fingerprint density at radius 2 is 1.81 bits per heavy atom. The predicted molar refractivity (Wildman–Crippen MR) is 71.1 cm³/mol. The smallest absolute Gasteiger partial charge is 0.0369 e. The lowest BCUT2D eigenvalue weighted by atomic mass is 9.94. The van der Waals surface area contributed by atoms with Crippen LogP contribution >= 0.6 is 0 Å². The van der Waals surface area contributed by atoms with Gasteiger partial charge in [-0.1, -0.05) is 19.4 Å². The highest BCUT2D eigenvalue weighted by Crippen LogP contribution is 2.26. The number of piperidine rings is 1. The topological polar surface area (TPSA) is 3.24 Å². The first kappa shape index (κ1) is 11.5. The first-order valence-electron chi connectivity index (χ1n) is 6.53. The highest BCUT2D eigenvalue weighted by Gasteiger charge is 2.17. The molecule has 1 heteroatoms. The fourth-order valence-corrected chi connectivity index (χ4v) is 2.52. The van der Waals surface area contributed by atoms with Crippen LogP contribution in [-0.2, 0) is 0 Å². The van der Waals surface area contributed by atoms with Crippen molar-refractivity contribution in [3.8, 4) is 0 Å². The van der Waals surface area contributed by atoms with Crippen LogP contribution in [0.2, 0.25) is 0 Å². The molecule has 0 atom stereocenters. The maximum atomic E-state index is 2.54. The molecule has 1 nitrogen and oxygen atoms in total. The summed E-state index contributed by atoms with van der Waals surface area (Å²) < 4.78 is 0. The van der Waals surface area contributed by atoms with Gasteiger partial charge in [0.2, 0.25) is 0 Å². The van der Waals surface area contributed by atoms with Crippen molar-refractivity contribution in [2.45, 2.75) is 40.0 Å². The molecule has 1 saturated heterocycles. The predicted octanol–water partition coefficient (Wildman–Crippen LogP) is 3.93. The second-order valence-electron chi connectivity index (χ2n) is 5.11. The van der Waals surface area contributed by atoms with Crippen LogP contribution in [0.4, 0.5) is 5.69 Å². The van der Waals surface area contributed by atoms with Crippen LogP contribution in [0.3, 0.4) is 0 Å². The van der Waals surface area contributed by atoms with E-state index >= 15 is 0 Å². The Bertz CT molecular complexity index is 348. The summed E-state index contributed by atoms with van der Waals surface area (Å²) in [6, 6.07) is 6.85. The number of anilines is 1. The Kier molecular flexibility index (Phi) is 3.52. The average Bonchev–Trinajstić information content (AvgIpc) is 2.33. The molecule has 0 aromatic heterocycles. The molecule has 0 aliphatic carbocycles. The van der Waals surface area contributed by atoms with Crippen molar-refractivity contribution in [3.05, 3.63) is 29.3 Å². The standard InChI is InChI=1S/C15H23N/c1-4-14-7-9-16(10-8-14)15-6-5-12(2)13(3)11-15/h5-6,11,14H,4,7-10H2,1-3H3. The van der Waals surface area contributed by atoms with Gasteiger partial charge < -0.3 is 4.90 Å². The van der Waals surface area contributed by atoms with E-state index in [0.29, 0.717) is 0 Å². The van der Waals surface area contributed by atoms with Crippen LogP contribution in [0.15, 0.2) is 18.2 Å². The Balaban J connectivity index is 2.05. The highest BCUT2D eigenvalue weighted by atomic mass is 15.1. The summed E-state index contributed by atoms with van der Waals surface area (Å²) in [5, 5.41) is 0. The summed E-state index contributed by atoms with van der Waals surface area (Å²) in [5.41, 5.74) is 4.22. The summed E-state index contributed by atoms with van der Waals surface area (Å²) in [7, 11) is 0. The monoisotopic (exact) mass is 217 g/mol. The van der Waals surface area contributed by atoms with Crippen molar-refractivity contribution in [1.82, 2.24) is 0 Å². The zero-order valence-corrected chi connectivity index (χ0v) is 10.8. The third-order valence-electron chi connectivity index (χ3n) is 4.05. The molecule has 0 spiro atoms. The summed E-state index contributed by atoms with van der Waals surface area (Å²) in [6.07, 6.45) is 4.08. The highest BCUT2D eigenvalue weighted by molar-refractivity contribution is 5.50. The molecule has 0 radical (unpaired) electrons. The molecule has 0 saturated carbocycles. The maximum Gasteiger partial charge on any atom is 0.0369 e. The van der Waals surface area contributed by atoms with E-state index in [9.17, 15) is 0 Å². The van der Waals surface area contributed by atoms with Crippen molar-refractivity contribution in [3.63, 3.8) is 0 Å². The van der Waals surface area contributed by atoms with Gasteiger partial charge in [-0.3, -0.25) is 0 Å². The van der Waals surface area contributed by atoms with Crippen molar-refractivity contribution < 1.29 is 0 Å². The molecular formula is C15H23N. The molecule has 0 N–H and O–H groups in total. The van der Waals surface area contributed by atoms with E-state index in [-0.39, 0.29) is 0 Å². The van der Waals surface area contributed by atoms with Gasteiger partial charge in [0.1, 0.15) is 0 Å². The van der Waals surface area contributed by atoms with Crippen LogP contribution in [0.1, 0.15) is 37.3 Å². The van der Waals surface area contributed by atoms with Crippen LogP contribution in [0, 0.1) is 19.8 Å². The quantitative estimate of drug-likeness (QED) is 0.725. The molecule has 0 amide bonds. The molecule has 1 aliphatic heterocycles. The Morgan fingerprint density at radius 3 is 2.38 bits per heavy atom. The molecule has 1 heterocycles. The Labute approximate surface area is 99.5 Å². The third-order valence-corrected chi connectivity index (χ3v) is 4.05. The van der Waals surface area contributed by atoms with Gasteiger partial charge in [-0.25, -0.2) is 0 Å². The molecule has 0 bridgehead atoms. The maximum absolute atomic E-state index is 2.54. The zero-order chi connectivity index (χ0) is 11.5. The first-order valence-corrected chi connectivity index (χ1v) is 6.53. The fourth-order valence-electron chi connectivity index (χ4n) is 2.52. The number of hydrogen-bond donors (Lipinski definition) is 0. The van der Waals surface area contributed by atoms with E-state index in [1.54, 1.807) is 0 Å².